The van der Waals surface area contributed by atoms with E-state index in [0.717, 1.165) is 36.7 Å². The molecule has 5 heteroatoms. The summed E-state index contributed by atoms with van der Waals surface area (Å²) in [6.07, 6.45) is 38.9. The van der Waals surface area contributed by atoms with Gasteiger partial charge in [0, 0.05) is 12.8 Å². The molecule has 1 heterocycles. The summed E-state index contributed by atoms with van der Waals surface area (Å²) in [5.41, 5.74) is 2.12. The van der Waals surface area contributed by atoms with Crippen LogP contribution in [0, 0.1) is 0 Å². The molecule has 0 spiro atoms. The maximum absolute atomic E-state index is 11.9. The van der Waals surface area contributed by atoms with E-state index in [2.05, 4.69) is 23.8 Å². The Morgan fingerprint density at radius 1 is 0.500 bits per heavy atom. The number of H-pyrrole nitrogens is 1. The lowest BCUT2D eigenvalue weighted by molar-refractivity contribution is -0.159. The molecule has 0 aliphatic carbocycles. The van der Waals surface area contributed by atoms with Gasteiger partial charge in [0.2, 0.25) is 0 Å². The number of rotatable bonds is 30. The third-order valence-corrected chi connectivity index (χ3v) is 9.02. The standard InChI is InChI=1S/C34H66O3.C7H6N2/c1-3-5-7-9-11-13-15-17-18-20-22-24-26-28-30-32-34(36)37-33(35)31-29-27-25-23-21-19-16-14-12-10-8-6-4-2;1-2-4-7-6(3-1)8-5-9-7/h3-32H2,1-2H3;1-5H,(H,8,9). The number of nitrogens with zero attached hydrogens (tertiary/aromatic N) is 1. The van der Waals surface area contributed by atoms with Crippen LogP contribution >= 0.6 is 0 Å². The summed E-state index contributed by atoms with van der Waals surface area (Å²) in [6, 6.07) is 7.94. The second-order valence-corrected chi connectivity index (χ2v) is 13.5. The first-order valence-electron chi connectivity index (χ1n) is 19.8. The van der Waals surface area contributed by atoms with Crippen molar-refractivity contribution < 1.29 is 14.3 Å². The van der Waals surface area contributed by atoms with Gasteiger partial charge in [-0.1, -0.05) is 193 Å². The van der Waals surface area contributed by atoms with Gasteiger partial charge in [-0.05, 0) is 25.0 Å². The Hall–Kier alpha value is -2.17. The second-order valence-electron chi connectivity index (χ2n) is 13.5. The van der Waals surface area contributed by atoms with E-state index in [9.17, 15) is 9.59 Å². The van der Waals surface area contributed by atoms with Crippen molar-refractivity contribution in [2.45, 2.75) is 206 Å². The zero-order chi connectivity index (χ0) is 33.2. The van der Waals surface area contributed by atoms with Crippen molar-refractivity contribution in [1.82, 2.24) is 9.97 Å². The molecule has 0 unspecified atom stereocenters. The fourth-order valence-corrected chi connectivity index (χ4v) is 6.04. The SMILES string of the molecule is CCCCCCCCCCCCCCCCCC(=O)OC(=O)CCCCCCCCCCCCCCC.c1ccc2[nH]cnc2c1. The van der Waals surface area contributed by atoms with Crippen molar-refractivity contribution in [2.75, 3.05) is 0 Å². The van der Waals surface area contributed by atoms with Gasteiger partial charge in [-0.3, -0.25) is 9.59 Å². The number of ether oxygens (including phenoxy) is 1. The number of hydrogen-bond acceptors (Lipinski definition) is 4. The summed E-state index contributed by atoms with van der Waals surface area (Å²) >= 11 is 0. The first-order chi connectivity index (χ1) is 22.7. The van der Waals surface area contributed by atoms with Crippen LogP contribution in [-0.2, 0) is 14.3 Å². The summed E-state index contributed by atoms with van der Waals surface area (Å²) in [7, 11) is 0. The van der Waals surface area contributed by atoms with E-state index in [-0.39, 0.29) is 11.9 Å². The van der Waals surface area contributed by atoms with Gasteiger partial charge >= 0.3 is 11.9 Å². The molecular formula is C41H72N2O3. The minimum absolute atomic E-state index is 0.325. The van der Waals surface area contributed by atoms with Gasteiger partial charge in [-0.25, -0.2) is 4.98 Å². The molecule has 1 aromatic carbocycles. The number of esters is 2. The number of unbranched alkanes of at least 4 members (excludes halogenated alkanes) is 26. The summed E-state index contributed by atoms with van der Waals surface area (Å²) < 4.78 is 5.00. The number of benzene rings is 1. The molecule has 264 valence electrons. The highest BCUT2D eigenvalue weighted by Gasteiger charge is 2.10. The average Bonchev–Trinajstić information content (AvgIpc) is 3.54. The third-order valence-electron chi connectivity index (χ3n) is 9.02. The molecule has 0 saturated carbocycles. The lowest BCUT2D eigenvalue weighted by atomic mass is 10.0. The Balaban J connectivity index is 0.000000982. The molecule has 1 N–H and O–H groups in total. The summed E-state index contributed by atoms with van der Waals surface area (Å²) in [6.45, 7) is 4.55. The lowest BCUT2D eigenvalue weighted by Gasteiger charge is -2.05. The van der Waals surface area contributed by atoms with Crippen LogP contribution in [0.2, 0.25) is 0 Å². The van der Waals surface area contributed by atoms with Gasteiger partial charge in [-0.15, -0.1) is 0 Å². The van der Waals surface area contributed by atoms with E-state index < -0.39 is 0 Å². The molecule has 2 rings (SSSR count). The Morgan fingerprint density at radius 2 is 0.826 bits per heavy atom. The number of aromatic amines is 1. The van der Waals surface area contributed by atoms with Crippen LogP contribution in [0.5, 0.6) is 0 Å². The van der Waals surface area contributed by atoms with Gasteiger partial charge in [0.25, 0.3) is 0 Å². The van der Waals surface area contributed by atoms with Crippen LogP contribution in [0.1, 0.15) is 206 Å². The monoisotopic (exact) mass is 641 g/mol. The van der Waals surface area contributed by atoms with Crippen LogP contribution in [0.4, 0.5) is 0 Å². The van der Waals surface area contributed by atoms with Crippen molar-refractivity contribution in [1.29, 1.82) is 0 Å². The first-order valence-corrected chi connectivity index (χ1v) is 19.8. The predicted molar refractivity (Wildman–Crippen MR) is 197 cm³/mol. The molecule has 46 heavy (non-hydrogen) atoms. The fraction of sp³-hybridized carbons (Fsp3) is 0.780. The van der Waals surface area contributed by atoms with Gasteiger partial charge in [-0.2, -0.15) is 0 Å². The van der Waals surface area contributed by atoms with Crippen molar-refractivity contribution in [3.05, 3.63) is 30.6 Å². The molecule has 2 aromatic rings. The second kappa shape index (κ2) is 32.8. The first kappa shape index (κ1) is 41.9. The molecule has 0 aliphatic heterocycles. The maximum Gasteiger partial charge on any atom is 0.313 e. The van der Waals surface area contributed by atoms with Crippen molar-refractivity contribution >= 4 is 23.0 Å². The zero-order valence-corrected chi connectivity index (χ0v) is 30.3. The van der Waals surface area contributed by atoms with E-state index in [1.54, 1.807) is 6.33 Å². The summed E-state index contributed by atoms with van der Waals surface area (Å²) in [5.74, 6) is -0.650. The third kappa shape index (κ3) is 27.0. The number of imidazole rings is 1. The van der Waals surface area contributed by atoms with Gasteiger partial charge in [0.1, 0.15) is 0 Å². The molecule has 0 radical (unpaired) electrons. The molecule has 0 atom stereocenters. The predicted octanol–water partition coefficient (Wildman–Crippen LogP) is 13.4. The molecule has 0 fully saturated rings. The molecule has 0 saturated heterocycles. The Morgan fingerprint density at radius 3 is 1.17 bits per heavy atom. The zero-order valence-electron chi connectivity index (χ0n) is 30.3. The molecule has 0 bridgehead atoms. The fourth-order valence-electron chi connectivity index (χ4n) is 6.04. The van der Waals surface area contributed by atoms with Crippen LogP contribution in [0.25, 0.3) is 11.0 Å². The number of carbonyl (C=O) groups is 2. The van der Waals surface area contributed by atoms with Crippen LogP contribution in [0.3, 0.4) is 0 Å². The lowest BCUT2D eigenvalue weighted by Crippen LogP contribution is -2.11. The quantitative estimate of drug-likeness (QED) is 0.0524. The maximum atomic E-state index is 11.9. The molecule has 1 aromatic heterocycles. The Bertz CT molecular complexity index is 910. The van der Waals surface area contributed by atoms with Crippen LogP contribution in [-0.4, -0.2) is 21.9 Å². The molecule has 5 nitrogen and oxygen atoms in total. The summed E-state index contributed by atoms with van der Waals surface area (Å²) in [4.78, 5) is 30.8. The number of nitrogens with one attached hydrogen (secondary N) is 1. The highest BCUT2D eigenvalue weighted by Crippen LogP contribution is 2.15. The molecule has 0 aliphatic rings. The van der Waals surface area contributed by atoms with Crippen molar-refractivity contribution in [3.8, 4) is 0 Å². The van der Waals surface area contributed by atoms with Gasteiger partial charge < -0.3 is 9.72 Å². The van der Waals surface area contributed by atoms with E-state index >= 15 is 0 Å². The van der Waals surface area contributed by atoms with E-state index in [0.29, 0.717) is 12.8 Å². The van der Waals surface area contributed by atoms with Crippen molar-refractivity contribution in [2.24, 2.45) is 0 Å². The van der Waals surface area contributed by atoms with E-state index in [1.165, 1.54) is 154 Å². The van der Waals surface area contributed by atoms with Gasteiger partial charge in [0.15, 0.2) is 0 Å². The smallest absolute Gasteiger partial charge is 0.313 e. The largest absolute Gasteiger partial charge is 0.393 e. The number of fused-ring (bicyclic) bond motifs is 1. The topological polar surface area (TPSA) is 72.1 Å². The van der Waals surface area contributed by atoms with Gasteiger partial charge in [0.05, 0.1) is 17.4 Å². The Kier molecular flexibility index (Phi) is 29.8. The minimum Gasteiger partial charge on any atom is -0.393 e. The van der Waals surface area contributed by atoms with E-state index in [1.807, 2.05) is 24.3 Å². The normalized spacial score (nSPS) is 11.0. The molecule has 0 amide bonds. The highest BCUT2D eigenvalue weighted by molar-refractivity contribution is 5.85. The van der Waals surface area contributed by atoms with E-state index in [4.69, 9.17) is 4.74 Å². The van der Waals surface area contributed by atoms with Crippen LogP contribution in [0.15, 0.2) is 30.6 Å². The molecular weight excluding hydrogens is 568 g/mol. The minimum atomic E-state index is -0.325. The summed E-state index contributed by atoms with van der Waals surface area (Å²) in [5, 5.41) is 0. The highest BCUT2D eigenvalue weighted by atomic mass is 16.6. The average molecular weight is 641 g/mol. The number of para-hydroxylation sites is 2. The number of aromatic nitrogens is 2. The Labute approximate surface area is 283 Å². The van der Waals surface area contributed by atoms with Crippen molar-refractivity contribution in [3.63, 3.8) is 0 Å². The number of hydrogen-bond donors (Lipinski definition) is 1. The number of carbonyl (C=O) groups excluding carboxylic acids is 2. The van der Waals surface area contributed by atoms with Crippen LogP contribution < -0.4 is 0 Å².